The molecule has 0 bridgehead atoms. The van der Waals surface area contributed by atoms with Crippen LogP contribution in [0.25, 0.3) is 22.7 Å². The highest BCUT2D eigenvalue weighted by Crippen LogP contribution is 2.25. The molecule has 0 fully saturated rings. The Morgan fingerprint density at radius 2 is 1.70 bits per heavy atom. The van der Waals surface area contributed by atoms with Gasteiger partial charge in [0.05, 0.1) is 32.6 Å². The smallest absolute Gasteiger partial charge is 0.274 e. The van der Waals surface area contributed by atoms with Crippen LogP contribution in [0, 0.1) is 11.8 Å². The second-order valence-electron chi connectivity index (χ2n) is 13.9. The number of ketones is 1. The quantitative estimate of drug-likeness (QED) is 0.0741. The molecule has 5 N–H and O–H groups in total. The fourth-order valence-corrected chi connectivity index (χ4v) is 5.91. The summed E-state index contributed by atoms with van der Waals surface area (Å²) in [6.07, 6.45) is 0.847. The molecule has 302 valence electrons. The number of oxazole rings is 1. The van der Waals surface area contributed by atoms with Gasteiger partial charge in [-0.05, 0) is 60.7 Å². The molecule has 57 heavy (non-hydrogen) atoms. The summed E-state index contributed by atoms with van der Waals surface area (Å²) in [6.45, 7) is 5.63. The van der Waals surface area contributed by atoms with Gasteiger partial charge in [0.15, 0.2) is 11.4 Å². The molecule has 2 amide bonds. The van der Waals surface area contributed by atoms with Crippen LogP contribution in [0.15, 0.2) is 88.2 Å². The van der Waals surface area contributed by atoms with Gasteiger partial charge in [0.1, 0.15) is 35.4 Å². The Kier molecular flexibility index (Phi) is 15.5. The molecule has 0 saturated carbocycles. The first kappa shape index (κ1) is 42.3. The Balaban J connectivity index is 0.941. The minimum Gasteiger partial charge on any atom is -0.490 e. The van der Waals surface area contributed by atoms with E-state index in [-0.39, 0.29) is 55.1 Å². The maximum Gasteiger partial charge on any atom is 0.274 e. The Labute approximate surface area is 329 Å². The van der Waals surface area contributed by atoms with Crippen molar-refractivity contribution >= 4 is 34.4 Å². The van der Waals surface area contributed by atoms with Crippen LogP contribution in [-0.4, -0.2) is 94.2 Å². The molecule has 5 aromatic rings. The number of nitrogens with zero attached hydrogens (tertiary/aromatic N) is 4. The molecule has 2 aromatic carbocycles. The van der Waals surface area contributed by atoms with E-state index in [1.807, 2.05) is 44.2 Å². The number of hydrogen-bond acceptors (Lipinski definition) is 13. The molecule has 3 atom stereocenters. The van der Waals surface area contributed by atoms with Crippen molar-refractivity contribution in [3.8, 4) is 17.3 Å². The molecule has 16 nitrogen and oxygen atoms in total. The van der Waals surface area contributed by atoms with E-state index in [0.29, 0.717) is 60.9 Å². The maximum absolute atomic E-state index is 12.9. The lowest BCUT2D eigenvalue weighted by Crippen LogP contribution is -2.44. The van der Waals surface area contributed by atoms with Gasteiger partial charge in [-0.2, -0.15) is 5.10 Å². The van der Waals surface area contributed by atoms with Gasteiger partial charge in [0.2, 0.25) is 11.8 Å². The Hall–Kier alpha value is -5.81. The predicted molar refractivity (Wildman–Crippen MR) is 212 cm³/mol. The summed E-state index contributed by atoms with van der Waals surface area (Å²) in [6, 6.07) is 19.8. The molecule has 3 aromatic heterocycles. The molecule has 0 spiro atoms. The second kappa shape index (κ2) is 20.9. The van der Waals surface area contributed by atoms with Gasteiger partial charge in [-0.1, -0.05) is 44.2 Å². The number of fused-ring (bicyclic) bond motifs is 1. The maximum atomic E-state index is 12.9. The van der Waals surface area contributed by atoms with Gasteiger partial charge in [-0.3, -0.25) is 19.2 Å². The van der Waals surface area contributed by atoms with Crippen molar-refractivity contribution in [3.63, 3.8) is 0 Å². The van der Waals surface area contributed by atoms with E-state index in [9.17, 15) is 24.3 Å². The highest BCUT2D eigenvalue weighted by Gasteiger charge is 2.29. The fourth-order valence-electron chi connectivity index (χ4n) is 5.91. The lowest BCUT2D eigenvalue weighted by atomic mass is 9.88. The molecule has 0 radical (unpaired) electrons. The third kappa shape index (κ3) is 12.9. The highest BCUT2D eigenvalue weighted by atomic mass is 16.5. The molecule has 16 heteroatoms. The fraction of sp³-hybridized carbons (Fsp3) is 0.390. The minimum atomic E-state index is -1.36. The summed E-state index contributed by atoms with van der Waals surface area (Å²) in [5.74, 6) is -0.829. The van der Waals surface area contributed by atoms with Crippen molar-refractivity contribution in [2.24, 2.45) is 24.6 Å². The van der Waals surface area contributed by atoms with Gasteiger partial charge < -0.3 is 40.1 Å². The number of anilines is 1. The third-order valence-electron chi connectivity index (χ3n) is 8.83. The van der Waals surface area contributed by atoms with Gasteiger partial charge >= 0.3 is 0 Å². The molecular weight excluding hydrogens is 734 g/mol. The number of aromatic nitrogens is 4. The number of carbonyl (C=O) groups is 3. The van der Waals surface area contributed by atoms with Crippen LogP contribution in [0.1, 0.15) is 42.7 Å². The first-order chi connectivity index (χ1) is 27.5. The van der Waals surface area contributed by atoms with Crippen LogP contribution in [0.5, 0.6) is 5.75 Å². The van der Waals surface area contributed by atoms with E-state index in [2.05, 4.69) is 25.7 Å². The van der Waals surface area contributed by atoms with Crippen LogP contribution in [-0.2, 0) is 32.5 Å². The van der Waals surface area contributed by atoms with E-state index in [1.165, 1.54) is 30.1 Å². The summed E-state index contributed by atoms with van der Waals surface area (Å²) in [4.78, 5) is 58.9. The number of aliphatic hydroxyl groups excluding tert-OH is 1. The minimum absolute atomic E-state index is 0.0924. The summed E-state index contributed by atoms with van der Waals surface area (Å²) in [5.41, 5.74) is 8.87. The number of aryl methyl sites for hydroxylation is 1. The zero-order valence-electron chi connectivity index (χ0n) is 32.3. The number of ether oxygens (including phenoxy) is 3. The molecule has 0 aliphatic heterocycles. The zero-order valence-corrected chi connectivity index (χ0v) is 32.3. The molecule has 0 saturated heterocycles. The Morgan fingerprint density at radius 1 is 0.947 bits per heavy atom. The van der Waals surface area contributed by atoms with Crippen molar-refractivity contribution in [3.05, 3.63) is 101 Å². The van der Waals surface area contributed by atoms with Crippen LogP contribution < -0.4 is 26.7 Å². The second-order valence-corrected chi connectivity index (χ2v) is 13.9. The largest absolute Gasteiger partial charge is 0.490 e. The number of pyridine rings is 1. The number of hydrogen-bond donors (Lipinski definition) is 4. The predicted octanol–water partition coefficient (Wildman–Crippen LogP) is 3.32. The highest BCUT2D eigenvalue weighted by molar-refractivity contribution is 6.03. The normalized spacial score (nSPS) is 12.9. The molecule has 0 aliphatic rings. The van der Waals surface area contributed by atoms with Crippen LogP contribution in [0.4, 0.5) is 5.69 Å². The summed E-state index contributed by atoms with van der Waals surface area (Å²) >= 11 is 0. The molecule has 0 unspecified atom stereocenters. The van der Waals surface area contributed by atoms with E-state index in [1.54, 1.807) is 30.3 Å². The van der Waals surface area contributed by atoms with E-state index >= 15 is 0 Å². The van der Waals surface area contributed by atoms with Crippen molar-refractivity contribution in [1.29, 1.82) is 0 Å². The number of Topliss-reactive ketones (excluding diaryl/α,β-unsaturated/α-hetero) is 1. The Bertz CT molecular complexity index is 2140. The lowest BCUT2D eigenvalue weighted by Gasteiger charge is -2.22. The first-order valence-corrected chi connectivity index (χ1v) is 18.8. The third-order valence-corrected chi connectivity index (χ3v) is 8.83. The van der Waals surface area contributed by atoms with Gasteiger partial charge in [0, 0.05) is 43.7 Å². The van der Waals surface area contributed by atoms with Crippen molar-refractivity contribution < 1.29 is 38.1 Å². The standard InChI is InChI=1S/C41H49N7O9/c1-26(2)21-28(23-35(49)38(51)31(42)22-27-7-5-4-6-8-27)39(52)43-15-16-54-17-18-55-19-20-56-30-10-11-32(44-25-30)40(53)45-29-9-13-36-34(24-29)46-41(57-36)33-12-14-37(50)48(3)47-33/h4-14,24-26,28,31,38,51H,15-23,42H2,1-3H3,(H,43,52)(H,45,53)/t28-,31-,38+/m1/s1. The zero-order chi connectivity index (χ0) is 40.7. The van der Waals surface area contributed by atoms with E-state index in [0.717, 1.165) is 5.56 Å². The number of nitrogens with two attached hydrogens (primary N) is 1. The van der Waals surface area contributed by atoms with Crippen molar-refractivity contribution in [1.82, 2.24) is 25.1 Å². The van der Waals surface area contributed by atoms with Gasteiger partial charge in [-0.15, -0.1) is 0 Å². The van der Waals surface area contributed by atoms with E-state index < -0.39 is 29.8 Å². The van der Waals surface area contributed by atoms with Crippen molar-refractivity contribution in [2.45, 2.75) is 45.3 Å². The number of nitrogens with one attached hydrogen (secondary N) is 2. The summed E-state index contributed by atoms with van der Waals surface area (Å²) < 4.78 is 23.8. The molecule has 5 rings (SSSR count). The average molecular weight is 784 g/mol. The topological polar surface area (TPSA) is 223 Å². The summed E-state index contributed by atoms with van der Waals surface area (Å²) in [5, 5.41) is 20.4. The molecule has 3 heterocycles. The van der Waals surface area contributed by atoms with Crippen LogP contribution in [0.2, 0.25) is 0 Å². The SMILES string of the molecule is CC(C)C[C@H](CC(=O)[C@@H](O)[C@H](N)Cc1ccccc1)C(=O)NCCOCCOCCOc1ccc(C(=O)Nc2ccc3oc(-c4ccc(=O)n(C)n4)nc3c2)nc1. The van der Waals surface area contributed by atoms with E-state index in [4.69, 9.17) is 24.4 Å². The number of aliphatic hydroxyl groups is 1. The van der Waals surface area contributed by atoms with Crippen LogP contribution in [0.3, 0.4) is 0 Å². The van der Waals surface area contributed by atoms with Gasteiger partial charge in [0.25, 0.3) is 11.5 Å². The molecule has 0 aliphatic carbocycles. The number of carbonyl (C=O) groups excluding carboxylic acids is 3. The monoisotopic (exact) mass is 783 g/mol. The Morgan fingerprint density at radius 3 is 2.42 bits per heavy atom. The van der Waals surface area contributed by atoms with Crippen LogP contribution >= 0.6 is 0 Å². The number of amides is 2. The first-order valence-electron chi connectivity index (χ1n) is 18.8. The molecular formula is C41H49N7O9. The number of rotatable bonds is 22. The van der Waals surface area contributed by atoms with Crippen molar-refractivity contribution in [2.75, 3.05) is 44.9 Å². The lowest BCUT2D eigenvalue weighted by molar-refractivity contribution is -0.134. The number of benzene rings is 2. The average Bonchev–Trinajstić information content (AvgIpc) is 3.63. The van der Waals surface area contributed by atoms with Gasteiger partial charge in [-0.25, -0.2) is 14.6 Å². The summed E-state index contributed by atoms with van der Waals surface area (Å²) in [7, 11) is 1.54.